The normalized spacial score (nSPS) is 49.9. The Bertz CT molecular complexity index is 1260. The average Bonchev–Trinajstić information content (AvgIpc) is 2.95. The molecule has 43 heavy (non-hydrogen) atoms. The van der Waals surface area contributed by atoms with Gasteiger partial charge in [0.2, 0.25) is 0 Å². The molecule has 0 spiro atoms. The summed E-state index contributed by atoms with van der Waals surface area (Å²) in [4.78, 5) is 28.3. The monoisotopic (exact) mass is 588 g/mol. The predicted molar refractivity (Wildman–Crippen MR) is 175 cm³/mol. The van der Waals surface area contributed by atoms with E-state index in [9.17, 15) is 14.7 Å². The molecule has 6 rings (SSSR count). The second-order valence-electron chi connectivity index (χ2n) is 18.4. The third-order valence-electron chi connectivity index (χ3n) is 15.7. The van der Waals surface area contributed by atoms with Crippen LogP contribution in [0.25, 0.3) is 0 Å². The van der Waals surface area contributed by atoms with Crippen LogP contribution in [0.5, 0.6) is 0 Å². The molecule has 6 aliphatic rings. The molecule has 6 aliphatic carbocycles. The smallest absolute Gasteiger partial charge is 0.171 e. The molecule has 0 amide bonds. The van der Waals surface area contributed by atoms with Crippen molar-refractivity contribution >= 4 is 11.6 Å². The number of carbonyl (C=O) groups is 2. The van der Waals surface area contributed by atoms with Crippen LogP contribution < -0.4 is 0 Å². The zero-order valence-electron chi connectivity index (χ0n) is 28.5. The molecule has 0 aromatic heterocycles. The number of hydrogen-bond acceptors (Lipinski definition) is 3. The summed E-state index contributed by atoms with van der Waals surface area (Å²) < 4.78 is 0. The van der Waals surface area contributed by atoms with Gasteiger partial charge in [-0.3, -0.25) is 9.59 Å². The van der Waals surface area contributed by atoms with E-state index in [2.05, 4.69) is 66.9 Å². The third kappa shape index (κ3) is 4.51. The quantitative estimate of drug-likeness (QED) is 0.263. The van der Waals surface area contributed by atoms with Gasteiger partial charge in [0, 0.05) is 5.41 Å². The Morgan fingerprint density at radius 2 is 1.65 bits per heavy atom. The van der Waals surface area contributed by atoms with E-state index in [-0.39, 0.29) is 33.7 Å². The third-order valence-corrected chi connectivity index (χ3v) is 15.7. The molecule has 238 valence electrons. The molecule has 0 unspecified atom stereocenters. The minimum atomic E-state index is -1.27. The van der Waals surface area contributed by atoms with Crippen LogP contribution in [0.1, 0.15) is 132 Å². The van der Waals surface area contributed by atoms with Gasteiger partial charge in [-0.15, -0.1) is 6.58 Å². The SMILES string of the molecule is C=C[C@@]1(C)CC[C@@]2(C)[C@@H](CC[C@]3(C)C(=C)C(=O)[C@@H]([C@H](O)C(=O)[C@@]4(C)C=C5CC[C@H]6C(C)(C)CCC[C@]6(C)[C@H]5CC4)C[C@H]23)C1. The molecule has 0 aliphatic heterocycles. The fourth-order valence-corrected chi connectivity index (χ4v) is 12.7. The van der Waals surface area contributed by atoms with Crippen molar-refractivity contribution in [2.45, 2.75) is 138 Å². The lowest BCUT2D eigenvalue weighted by molar-refractivity contribution is -0.154. The first-order valence-corrected chi connectivity index (χ1v) is 17.8. The highest BCUT2D eigenvalue weighted by Crippen LogP contribution is 2.68. The largest absolute Gasteiger partial charge is 0.385 e. The second-order valence-corrected chi connectivity index (χ2v) is 18.4. The Hall–Kier alpha value is -1.48. The fourth-order valence-electron chi connectivity index (χ4n) is 12.7. The van der Waals surface area contributed by atoms with E-state index in [1.165, 1.54) is 31.3 Å². The van der Waals surface area contributed by atoms with E-state index in [0.717, 1.165) is 57.3 Å². The Kier molecular flexibility index (Phi) is 7.33. The van der Waals surface area contributed by atoms with E-state index in [1.54, 1.807) is 0 Å². The van der Waals surface area contributed by atoms with Gasteiger partial charge in [-0.1, -0.05) is 72.3 Å². The lowest BCUT2D eigenvalue weighted by Crippen LogP contribution is -2.59. The van der Waals surface area contributed by atoms with Gasteiger partial charge in [0.05, 0.1) is 5.92 Å². The van der Waals surface area contributed by atoms with Crippen LogP contribution in [0, 0.1) is 62.1 Å². The number of rotatable bonds is 4. The van der Waals surface area contributed by atoms with Crippen molar-refractivity contribution in [2.75, 3.05) is 0 Å². The van der Waals surface area contributed by atoms with Crippen molar-refractivity contribution in [3.63, 3.8) is 0 Å². The van der Waals surface area contributed by atoms with E-state index in [4.69, 9.17) is 0 Å². The van der Waals surface area contributed by atoms with E-state index in [0.29, 0.717) is 34.7 Å². The lowest BCUT2D eigenvalue weighted by Gasteiger charge is -2.63. The highest BCUT2D eigenvalue weighted by molar-refractivity contribution is 6.03. The van der Waals surface area contributed by atoms with Crippen LogP contribution in [0.2, 0.25) is 0 Å². The molecule has 5 saturated carbocycles. The van der Waals surface area contributed by atoms with Crippen LogP contribution in [-0.4, -0.2) is 22.8 Å². The summed E-state index contributed by atoms with van der Waals surface area (Å²) in [7, 11) is 0. The molecule has 0 aromatic carbocycles. The summed E-state index contributed by atoms with van der Waals surface area (Å²) in [5.74, 6) is 1.20. The van der Waals surface area contributed by atoms with Gasteiger partial charge < -0.3 is 5.11 Å². The van der Waals surface area contributed by atoms with Crippen molar-refractivity contribution in [1.29, 1.82) is 0 Å². The average molecular weight is 589 g/mol. The molecule has 0 aromatic rings. The van der Waals surface area contributed by atoms with Crippen molar-refractivity contribution in [2.24, 2.45) is 62.1 Å². The maximum absolute atomic E-state index is 14.4. The van der Waals surface area contributed by atoms with E-state index >= 15 is 0 Å². The Morgan fingerprint density at radius 3 is 2.35 bits per heavy atom. The zero-order valence-corrected chi connectivity index (χ0v) is 28.5. The van der Waals surface area contributed by atoms with Gasteiger partial charge >= 0.3 is 0 Å². The Balaban J connectivity index is 1.25. The minimum absolute atomic E-state index is 0.0595. The first-order chi connectivity index (χ1) is 19.9. The highest BCUT2D eigenvalue weighted by Gasteiger charge is 2.62. The van der Waals surface area contributed by atoms with Crippen LogP contribution >= 0.6 is 0 Å². The zero-order chi connectivity index (χ0) is 31.4. The van der Waals surface area contributed by atoms with Crippen LogP contribution in [0.4, 0.5) is 0 Å². The molecular formula is C40H60O3. The lowest BCUT2D eigenvalue weighted by atomic mass is 9.41. The van der Waals surface area contributed by atoms with Crippen molar-refractivity contribution in [3.05, 3.63) is 36.5 Å². The number of aliphatic hydroxyl groups is 1. The molecule has 0 bridgehead atoms. The standard InChI is InChI=1S/C40H60O3/c1-10-36(5)20-21-39(8)27(24-36)14-19-38(7)25(2)32(41)28(22-31(38)39)33(42)34(43)37(6)18-15-29-26(23-37)12-13-30-35(3,4)16-11-17-40(29,30)9/h10,23,27-31,33,42H,1-2,11-22,24H2,3-9H3/t27-,28-,29-,30-,31-,33-,36-,37+,38+,39-,40+/m0/s1. The summed E-state index contributed by atoms with van der Waals surface area (Å²) in [5.41, 5.74) is 2.06. The van der Waals surface area contributed by atoms with Crippen molar-refractivity contribution < 1.29 is 14.7 Å². The molecule has 3 nitrogen and oxygen atoms in total. The topological polar surface area (TPSA) is 54.4 Å². The predicted octanol–water partition coefficient (Wildman–Crippen LogP) is 9.45. The second kappa shape index (κ2) is 10.0. The Labute approximate surface area is 262 Å². The van der Waals surface area contributed by atoms with Crippen LogP contribution in [-0.2, 0) is 9.59 Å². The summed E-state index contributed by atoms with van der Waals surface area (Å²) in [6.45, 7) is 25.1. The van der Waals surface area contributed by atoms with E-state index < -0.39 is 17.4 Å². The van der Waals surface area contributed by atoms with E-state index in [1.807, 2.05) is 6.92 Å². The number of allylic oxidation sites excluding steroid dienone is 4. The first kappa shape index (κ1) is 31.5. The molecule has 5 fully saturated rings. The molecule has 0 saturated heterocycles. The molecule has 11 atom stereocenters. The van der Waals surface area contributed by atoms with Crippen LogP contribution in [0.15, 0.2) is 36.5 Å². The molecule has 1 N–H and O–H groups in total. The van der Waals surface area contributed by atoms with Crippen molar-refractivity contribution in [1.82, 2.24) is 0 Å². The van der Waals surface area contributed by atoms with Crippen LogP contribution in [0.3, 0.4) is 0 Å². The number of aliphatic hydroxyl groups excluding tert-OH is 1. The van der Waals surface area contributed by atoms with Gasteiger partial charge in [-0.05, 0) is 140 Å². The van der Waals surface area contributed by atoms with Gasteiger partial charge in [-0.2, -0.15) is 0 Å². The summed E-state index contributed by atoms with van der Waals surface area (Å²) >= 11 is 0. The number of ketones is 2. The molecule has 3 heteroatoms. The Morgan fingerprint density at radius 1 is 0.930 bits per heavy atom. The number of fused-ring (bicyclic) bond motifs is 6. The van der Waals surface area contributed by atoms with Crippen molar-refractivity contribution in [3.8, 4) is 0 Å². The van der Waals surface area contributed by atoms with Gasteiger partial charge in [0.25, 0.3) is 0 Å². The number of carbonyl (C=O) groups excluding carboxylic acids is 2. The maximum Gasteiger partial charge on any atom is 0.171 e. The maximum atomic E-state index is 14.4. The summed E-state index contributed by atoms with van der Waals surface area (Å²) in [6, 6.07) is 0. The summed E-state index contributed by atoms with van der Waals surface area (Å²) in [6.07, 6.45) is 17.1. The fraction of sp³-hybridized carbons (Fsp3) is 0.800. The molecule has 0 radical (unpaired) electrons. The minimum Gasteiger partial charge on any atom is -0.385 e. The molecule has 0 heterocycles. The number of Topliss-reactive ketones (excluding diaryl/α,β-unsaturated/α-hetero) is 2. The molecular weight excluding hydrogens is 528 g/mol. The van der Waals surface area contributed by atoms with Gasteiger partial charge in [0.15, 0.2) is 11.6 Å². The first-order valence-electron chi connectivity index (χ1n) is 17.8. The van der Waals surface area contributed by atoms with Gasteiger partial charge in [-0.25, -0.2) is 0 Å². The number of hydrogen-bond donors (Lipinski definition) is 1. The van der Waals surface area contributed by atoms with Gasteiger partial charge in [0.1, 0.15) is 6.10 Å². The summed E-state index contributed by atoms with van der Waals surface area (Å²) in [5, 5.41) is 11.9. The highest BCUT2D eigenvalue weighted by atomic mass is 16.3.